The molecule has 0 bridgehead atoms. The van der Waals surface area contributed by atoms with Gasteiger partial charge in [-0.15, -0.1) is 0 Å². The number of hydrogen-bond acceptors (Lipinski definition) is 4. The average Bonchev–Trinajstić information content (AvgIpc) is 2.54. The maximum absolute atomic E-state index is 12.1. The van der Waals surface area contributed by atoms with Crippen LogP contribution in [0.15, 0.2) is 48.7 Å². The number of carbonyl (C=O) groups excluding carboxylic acids is 1. The van der Waals surface area contributed by atoms with E-state index in [1.54, 1.807) is 26.1 Å². The number of amides is 1. The first-order valence-corrected chi connectivity index (χ1v) is 6.69. The molecule has 1 amide bonds. The van der Waals surface area contributed by atoms with Crippen LogP contribution < -0.4 is 4.74 Å². The first kappa shape index (κ1) is 15.0. The molecular formula is C16H18N2O3. The number of ether oxygens (including phenoxy) is 1. The third-order valence-electron chi connectivity index (χ3n) is 3.19. The summed E-state index contributed by atoms with van der Waals surface area (Å²) in [4.78, 5) is 17.8. The maximum Gasteiger partial charge on any atom is 0.255 e. The molecule has 1 N–H and O–H groups in total. The summed E-state index contributed by atoms with van der Waals surface area (Å²) in [6.07, 6.45) is 1.47. The van der Waals surface area contributed by atoms with Crippen LogP contribution in [0.25, 0.3) is 0 Å². The first-order valence-electron chi connectivity index (χ1n) is 6.69. The molecule has 1 atom stereocenters. The fourth-order valence-corrected chi connectivity index (χ4v) is 1.70. The lowest BCUT2D eigenvalue weighted by Gasteiger charge is -2.23. The van der Waals surface area contributed by atoms with Gasteiger partial charge in [0.25, 0.3) is 5.91 Å². The smallest absolute Gasteiger partial charge is 0.255 e. The number of nitrogens with zero attached hydrogens (tertiary/aromatic N) is 2. The Labute approximate surface area is 123 Å². The normalized spacial score (nSPS) is 11.8. The Hall–Kier alpha value is -2.40. The van der Waals surface area contributed by atoms with Crippen LogP contribution in [0.5, 0.6) is 11.6 Å². The van der Waals surface area contributed by atoms with Crippen molar-refractivity contribution in [3.05, 3.63) is 54.2 Å². The third-order valence-corrected chi connectivity index (χ3v) is 3.19. The topological polar surface area (TPSA) is 62.7 Å². The van der Waals surface area contributed by atoms with Gasteiger partial charge in [0.2, 0.25) is 5.88 Å². The van der Waals surface area contributed by atoms with E-state index < -0.39 is 0 Å². The van der Waals surface area contributed by atoms with Gasteiger partial charge in [0.15, 0.2) is 0 Å². The van der Waals surface area contributed by atoms with Gasteiger partial charge < -0.3 is 14.7 Å². The van der Waals surface area contributed by atoms with E-state index in [4.69, 9.17) is 9.84 Å². The molecule has 110 valence electrons. The van der Waals surface area contributed by atoms with Crippen molar-refractivity contribution in [2.45, 2.75) is 13.0 Å². The molecule has 21 heavy (non-hydrogen) atoms. The highest BCUT2D eigenvalue weighted by Crippen LogP contribution is 2.19. The van der Waals surface area contributed by atoms with Crippen molar-refractivity contribution in [2.75, 3.05) is 13.7 Å². The Morgan fingerprint density at radius 2 is 2.00 bits per heavy atom. The first-order chi connectivity index (χ1) is 10.1. The minimum absolute atomic E-state index is 0.0785. The van der Waals surface area contributed by atoms with E-state index in [2.05, 4.69) is 4.98 Å². The molecule has 1 unspecified atom stereocenters. The lowest BCUT2D eigenvalue weighted by molar-refractivity contribution is 0.0681. The van der Waals surface area contributed by atoms with Crippen molar-refractivity contribution in [3.63, 3.8) is 0 Å². The summed E-state index contributed by atoms with van der Waals surface area (Å²) in [6, 6.07) is 12.4. The van der Waals surface area contributed by atoms with Gasteiger partial charge in [0, 0.05) is 19.3 Å². The molecule has 0 aliphatic heterocycles. The molecule has 0 radical (unpaired) electrons. The number of pyridine rings is 1. The van der Waals surface area contributed by atoms with E-state index >= 15 is 0 Å². The Kier molecular flexibility index (Phi) is 4.90. The number of likely N-dealkylation sites (N-methyl/N-ethyl adjacent to an activating group) is 1. The third kappa shape index (κ3) is 3.79. The predicted octanol–water partition coefficient (Wildman–Crippen LogP) is 2.33. The van der Waals surface area contributed by atoms with E-state index in [1.165, 1.54) is 11.1 Å². The predicted molar refractivity (Wildman–Crippen MR) is 79.4 cm³/mol. The van der Waals surface area contributed by atoms with Crippen molar-refractivity contribution in [3.8, 4) is 11.6 Å². The molecule has 0 spiro atoms. The zero-order valence-electron chi connectivity index (χ0n) is 12.1. The van der Waals surface area contributed by atoms with Gasteiger partial charge in [-0.2, -0.15) is 0 Å². The second-order valence-corrected chi connectivity index (χ2v) is 4.75. The molecule has 0 saturated carbocycles. The molecule has 1 aromatic heterocycles. The number of aliphatic hydroxyl groups is 1. The van der Waals surface area contributed by atoms with Gasteiger partial charge in [-0.25, -0.2) is 4.98 Å². The van der Waals surface area contributed by atoms with Crippen LogP contribution in [0.4, 0.5) is 0 Å². The molecule has 1 aromatic carbocycles. The summed E-state index contributed by atoms with van der Waals surface area (Å²) < 4.78 is 5.57. The minimum atomic E-state index is -0.238. The molecule has 0 aliphatic rings. The van der Waals surface area contributed by atoms with E-state index in [0.717, 1.165) is 0 Å². The van der Waals surface area contributed by atoms with Gasteiger partial charge in [-0.1, -0.05) is 18.2 Å². The van der Waals surface area contributed by atoms with Crippen molar-refractivity contribution >= 4 is 5.91 Å². The van der Waals surface area contributed by atoms with E-state index in [0.29, 0.717) is 17.2 Å². The van der Waals surface area contributed by atoms with E-state index in [-0.39, 0.29) is 18.6 Å². The molecule has 5 nitrogen and oxygen atoms in total. The fraction of sp³-hybridized carbons (Fsp3) is 0.250. The summed E-state index contributed by atoms with van der Waals surface area (Å²) >= 11 is 0. The summed E-state index contributed by atoms with van der Waals surface area (Å²) in [7, 11) is 1.65. The van der Waals surface area contributed by atoms with Crippen LogP contribution in [0.3, 0.4) is 0 Å². The zero-order chi connectivity index (χ0) is 15.2. The molecule has 1 heterocycles. The number of carbonyl (C=O) groups is 1. The molecular weight excluding hydrogens is 268 g/mol. The van der Waals surface area contributed by atoms with Crippen molar-refractivity contribution in [1.29, 1.82) is 0 Å². The zero-order valence-corrected chi connectivity index (χ0v) is 12.1. The largest absolute Gasteiger partial charge is 0.439 e. The van der Waals surface area contributed by atoms with Crippen molar-refractivity contribution in [1.82, 2.24) is 9.88 Å². The quantitative estimate of drug-likeness (QED) is 0.916. The monoisotopic (exact) mass is 286 g/mol. The van der Waals surface area contributed by atoms with Gasteiger partial charge in [0.05, 0.1) is 18.2 Å². The molecule has 0 saturated heterocycles. The summed E-state index contributed by atoms with van der Waals surface area (Å²) in [5, 5.41) is 9.08. The van der Waals surface area contributed by atoms with Crippen LogP contribution in [-0.4, -0.2) is 40.6 Å². The molecule has 5 heteroatoms. The molecule has 0 aliphatic carbocycles. The second kappa shape index (κ2) is 6.85. The standard InChI is InChI=1S/C16H18N2O3/c1-12(11-19)18(2)16(20)13-8-9-15(17-10-13)21-14-6-4-3-5-7-14/h3-10,12,19H,11H2,1-2H3. The van der Waals surface area contributed by atoms with Gasteiger partial charge in [-0.3, -0.25) is 4.79 Å². The Balaban J connectivity index is 2.07. The summed E-state index contributed by atoms with van der Waals surface area (Å²) in [6.45, 7) is 1.70. The van der Waals surface area contributed by atoms with Crippen LogP contribution >= 0.6 is 0 Å². The number of hydrogen-bond donors (Lipinski definition) is 1. The van der Waals surface area contributed by atoms with Gasteiger partial charge in [0.1, 0.15) is 5.75 Å². The minimum Gasteiger partial charge on any atom is -0.439 e. The van der Waals surface area contributed by atoms with Crippen molar-refractivity contribution in [2.24, 2.45) is 0 Å². The molecule has 0 fully saturated rings. The summed E-state index contributed by atoms with van der Waals surface area (Å²) in [5.74, 6) is 0.931. The SMILES string of the molecule is CC(CO)N(C)C(=O)c1ccc(Oc2ccccc2)nc1. The Morgan fingerprint density at radius 1 is 1.29 bits per heavy atom. The molecule has 2 rings (SSSR count). The number of aliphatic hydroxyl groups excluding tert-OH is 1. The van der Waals surface area contributed by atoms with Gasteiger partial charge in [-0.05, 0) is 25.1 Å². The maximum atomic E-state index is 12.1. The molecule has 2 aromatic rings. The highest BCUT2D eigenvalue weighted by molar-refractivity contribution is 5.94. The number of benzene rings is 1. The summed E-state index contributed by atoms with van der Waals surface area (Å²) in [5.41, 5.74) is 0.457. The van der Waals surface area contributed by atoms with Gasteiger partial charge >= 0.3 is 0 Å². The fourth-order valence-electron chi connectivity index (χ4n) is 1.70. The van der Waals surface area contributed by atoms with Crippen LogP contribution in [-0.2, 0) is 0 Å². The van der Waals surface area contributed by atoms with Crippen LogP contribution in [0.1, 0.15) is 17.3 Å². The lowest BCUT2D eigenvalue weighted by Crippen LogP contribution is -2.37. The number of para-hydroxylation sites is 1. The average molecular weight is 286 g/mol. The van der Waals surface area contributed by atoms with Crippen LogP contribution in [0, 0.1) is 0 Å². The van der Waals surface area contributed by atoms with Crippen LogP contribution in [0.2, 0.25) is 0 Å². The highest BCUT2D eigenvalue weighted by atomic mass is 16.5. The number of rotatable bonds is 5. The lowest BCUT2D eigenvalue weighted by atomic mass is 10.2. The Bertz CT molecular complexity index is 584. The van der Waals surface area contributed by atoms with E-state index in [1.807, 2.05) is 30.3 Å². The second-order valence-electron chi connectivity index (χ2n) is 4.75. The van der Waals surface area contributed by atoms with E-state index in [9.17, 15) is 4.79 Å². The highest BCUT2D eigenvalue weighted by Gasteiger charge is 2.17. The van der Waals surface area contributed by atoms with Crippen molar-refractivity contribution < 1.29 is 14.6 Å². The number of aromatic nitrogens is 1. The Morgan fingerprint density at radius 3 is 2.57 bits per heavy atom.